The molecule has 0 aliphatic carbocycles. The maximum atomic E-state index is 10.7. The Morgan fingerprint density at radius 2 is 0.709 bits per heavy atom. The zero-order chi connectivity index (χ0) is 97.8. The molecule has 0 N–H and O–H groups in total. The summed E-state index contributed by atoms with van der Waals surface area (Å²) >= 11 is -5.60. The summed E-state index contributed by atoms with van der Waals surface area (Å²) in [6, 6.07) is 91.3. The van der Waals surface area contributed by atoms with E-state index in [1.807, 2.05) is 55.4 Å². The van der Waals surface area contributed by atoms with Crippen LogP contribution in [0, 0.1) is 29.9 Å². The molecular weight excluding hydrogens is 2040 g/mol. The Morgan fingerprint density at radius 3 is 1.03 bits per heavy atom. The Morgan fingerprint density at radius 1 is 0.396 bits per heavy atom. The van der Waals surface area contributed by atoms with Crippen molar-refractivity contribution in [1.82, 2.24) is 9.80 Å². The number of para-hydroxylation sites is 4. The second-order valence-electron chi connectivity index (χ2n) is 38.3. The molecule has 0 spiro atoms. The van der Waals surface area contributed by atoms with Gasteiger partial charge in [-0.05, 0) is 134 Å². The number of nitro benzene ring substituents is 1. The first kappa shape index (κ1) is 111. The van der Waals surface area contributed by atoms with E-state index in [0.29, 0.717) is 35.0 Å². The molecule has 0 radical (unpaired) electrons. The molecule has 3 fully saturated rings. The Balaban J connectivity index is 0.000000183. The van der Waals surface area contributed by atoms with Gasteiger partial charge in [-0.15, -0.1) is 10.8 Å². The van der Waals surface area contributed by atoms with Gasteiger partial charge >= 0.3 is 380 Å². The molecule has 11 aromatic carbocycles. The predicted molar refractivity (Wildman–Crippen MR) is 573 cm³/mol. The summed E-state index contributed by atoms with van der Waals surface area (Å²) < 4.78 is 11.2. The fraction of sp³-hybridized carbons (Fsp3) is 0.374. The Bertz CT molecular complexity index is 5310. The first-order valence-corrected chi connectivity index (χ1v) is 63.5. The monoisotopic (exact) mass is 2190 g/mol. The second kappa shape index (κ2) is 52.8. The summed E-state index contributed by atoms with van der Waals surface area (Å²) in [7, 11) is 39.6. The molecule has 2 atom stereocenters. The summed E-state index contributed by atoms with van der Waals surface area (Å²) in [4.78, 5) is 24.9. The molecule has 19 heteroatoms. The van der Waals surface area contributed by atoms with E-state index in [9.17, 15) is 10.1 Å². The van der Waals surface area contributed by atoms with Crippen LogP contribution in [0.1, 0.15) is 270 Å². The quantitative estimate of drug-likeness (QED) is 0.0206. The molecule has 3 heterocycles. The number of non-ortho nitro benzene ring substituents is 1. The van der Waals surface area contributed by atoms with E-state index in [0.717, 1.165) is 83.4 Å². The van der Waals surface area contributed by atoms with Crippen molar-refractivity contribution >= 4 is 100 Å². The van der Waals surface area contributed by atoms with Crippen molar-refractivity contribution in [3.8, 4) is 5.75 Å². The van der Waals surface area contributed by atoms with Crippen LogP contribution >= 0.6 is 58.1 Å². The van der Waals surface area contributed by atoms with Gasteiger partial charge in [-0.2, -0.15) is 6.67 Å². The van der Waals surface area contributed by atoms with Crippen LogP contribution in [0.2, 0.25) is 0 Å². The van der Waals surface area contributed by atoms with E-state index in [2.05, 4.69) is 398 Å². The van der Waals surface area contributed by atoms with Gasteiger partial charge in [-0.3, -0.25) is 0 Å². The van der Waals surface area contributed by atoms with Crippen molar-refractivity contribution in [3.05, 3.63) is 385 Å². The van der Waals surface area contributed by atoms with Crippen molar-refractivity contribution in [1.29, 1.82) is 0 Å². The Labute approximate surface area is 845 Å². The van der Waals surface area contributed by atoms with Gasteiger partial charge in [0.05, 0.1) is 0 Å². The summed E-state index contributed by atoms with van der Waals surface area (Å²) in [5.41, 5.74) is 28.6. The van der Waals surface area contributed by atoms with Crippen molar-refractivity contribution in [3.63, 3.8) is 0 Å². The molecular formula is C115H144Cl6N7O3Ru3-3. The van der Waals surface area contributed by atoms with Gasteiger partial charge in [0.25, 0.3) is 0 Å². The van der Waals surface area contributed by atoms with E-state index in [4.69, 9.17) is 62.9 Å². The molecule has 14 rings (SSSR count). The summed E-state index contributed by atoms with van der Waals surface area (Å²) in [5.74, 6) is 2.62. The first-order valence-electron chi connectivity index (χ1n) is 47.1. The van der Waals surface area contributed by atoms with Gasteiger partial charge < -0.3 is 19.6 Å². The van der Waals surface area contributed by atoms with Gasteiger partial charge in [-0.25, -0.2) is 13.1 Å². The van der Waals surface area contributed by atoms with Gasteiger partial charge in [-0.1, -0.05) is 242 Å². The number of anilines is 4. The third-order valence-electron chi connectivity index (χ3n) is 24.7. The molecule has 10 nitrogen and oxygen atoms in total. The van der Waals surface area contributed by atoms with Crippen molar-refractivity contribution in [2.75, 3.05) is 46.8 Å². The average Bonchev–Trinajstić information content (AvgIpc) is 1.59. The topological polar surface area (TPSA) is 71.8 Å². The second-order valence-corrected chi connectivity index (χ2v) is 55.5. The van der Waals surface area contributed by atoms with E-state index in [-0.39, 0.29) is 33.7 Å². The number of ether oxygens (including phenoxy) is 1. The minimum absolute atomic E-state index is 0.00360. The number of benzene rings is 11. The van der Waals surface area contributed by atoms with E-state index in [1.54, 1.807) is 10.7 Å². The van der Waals surface area contributed by atoms with Crippen molar-refractivity contribution < 1.29 is 50.2 Å². The van der Waals surface area contributed by atoms with Gasteiger partial charge in [0.2, 0.25) is 0 Å². The van der Waals surface area contributed by atoms with Gasteiger partial charge in [0.15, 0.2) is 0 Å². The van der Waals surface area contributed by atoms with E-state index >= 15 is 0 Å². The number of nitro groups is 1. The molecule has 726 valence electrons. The molecule has 3 aliphatic rings. The zero-order valence-corrected chi connectivity index (χ0v) is 92.6. The molecule has 0 amide bonds. The normalized spacial score (nSPS) is 16.2. The zero-order valence-electron chi connectivity index (χ0n) is 82.8. The Hall–Kier alpha value is -7.04. The number of halogens is 6. The number of aryl methyl sites for hydroxylation is 4. The Kier molecular flexibility index (Phi) is 43.6. The van der Waals surface area contributed by atoms with Crippen LogP contribution in [0.15, 0.2) is 261 Å². The summed E-state index contributed by atoms with van der Waals surface area (Å²) in [5, 5.41) is 10.7. The van der Waals surface area contributed by atoms with Gasteiger partial charge in [0.1, 0.15) is 0 Å². The van der Waals surface area contributed by atoms with Crippen LogP contribution in [0.3, 0.4) is 0 Å². The molecule has 3 saturated heterocycles. The van der Waals surface area contributed by atoms with Crippen molar-refractivity contribution in [2.45, 2.75) is 255 Å². The van der Waals surface area contributed by atoms with Gasteiger partial charge in [0, 0.05) is 46.9 Å². The third kappa shape index (κ3) is 31.5. The molecule has 0 aromatic heterocycles. The minimum atomic E-state index is -2.05. The van der Waals surface area contributed by atoms with E-state index in [1.165, 1.54) is 118 Å². The fourth-order valence-corrected chi connectivity index (χ4v) is 24.2. The van der Waals surface area contributed by atoms with E-state index < -0.39 is 45.5 Å². The van der Waals surface area contributed by atoms with Crippen LogP contribution in [0.25, 0.3) is 0 Å². The number of hydrogen-bond donors (Lipinski definition) is 0. The molecule has 134 heavy (non-hydrogen) atoms. The van der Waals surface area contributed by atoms with Crippen LogP contribution in [0.4, 0.5) is 28.4 Å². The molecule has 2 unspecified atom stereocenters. The standard InChI is InChI=1S/C27H39N2.2C23H30N.C22H21N.C10H11NO3.C10H13N.6ClH.3Ru/c1-18(2)22-11-9-12-23(19(3)4)26(22)28-15-16-29(17-28)27-24(20(5)6)13-10-14-25(27)21(7)8;2*1-6-18-12-11-13-19(7-2)21(18)24-17-23(5,16-22(24,3)4)20-14-9-8-10-15-20;1-19-10-8-9-15-22(19)18-23(16-20-11-4-2-5-12-20)17-21-13-6-3-7-14-21;1-7(2)14-10-5-4-9(11(12)13)6-8(10)3;1-9-6-4-5-7-10(9)8-11(2)3;;;;;;;;;/h9-14,17-21H,15-16H2,1-8H3;2*8-15,17H,6-7,16H2,1-5H3;1-15H,16-18H2;3-7H,1-2H3;1,4-7H,8H2,2-3H3;6*1H;;;/q3*-1;;;;;;;;;;3*+2/p-6. The predicted octanol–water partition coefficient (Wildman–Crippen LogP) is 31.7. The summed E-state index contributed by atoms with van der Waals surface area (Å²) in [6.45, 7) is 58.5. The van der Waals surface area contributed by atoms with Crippen LogP contribution in [0.5, 0.6) is 5.75 Å². The fourth-order valence-electron chi connectivity index (χ4n) is 18.6. The van der Waals surface area contributed by atoms with Crippen LogP contribution in [-0.2, 0) is 103 Å². The SMILES string of the molecule is CC(C)Oc1ccc([N+](=O)[O-])cc1[CH]=[Ru]([Cl])[Cl].CC(C)c1cccc(C(C)C)c1N1[CH-]N(c2c(C(C)C)cccc2C(C)C)CC1.CCc1cccc(CC)c1N1[CH-]C(C)(c2ccccc2)CC1(C)C.CCc1cccc(CC)c1N1[CH-]C(C)(c2ccccc2)CC1(C)C.CN(C)Cc1ccccc1[CH]=[Ru]([Cl])[Cl].[Cl][Ru]([Cl])=[CH]c1ccccc1CN(Cc1ccccc1)Cc1ccccc1. The number of hydrogen-bond acceptors (Lipinski definition) is 9. The molecule has 11 aromatic rings. The molecule has 0 bridgehead atoms. The average molecular weight is 2190 g/mol. The molecule has 0 saturated carbocycles. The van der Waals surface area contributed by atoms with Crippen molar-refractivity contribution in [2.24, 2.45) is 0 Å². The first-order chi connectivity index (χ1) is 63.7. The number of nitrogens with zero attached hydrogens (tertiary/aromatic N) is 7. The third-order valence-corrected chi connectivity index (χ3v) is 30.2. The summed E-state index contributed by atoms with van der Waals surface area (Å²) in [6.07, 6.45) is 6.54. The number of rotatable bonds is 28. The maximum absolute atomic E-state index is 10.7. The van der Waals surface area contributed by atoms with Crippen LogP contribution in [-0.4, -0.2) is 72.9 Å². The van der Waals surface area contributed by atoms with Crippen LogP contribution < -0.4 is 24.3 Å². The molecule has 3 aliphatic heterocycles.